The average Bonchev–Trinajstić information content (AvgIpc) is 3.10. The van der Waals surface area contributed by atoms with Crippen molar-refractivity contribution in [2.24, 2.45) is 0 Å². The van der Waals surface area contributed by atoms with Crippen LogP contribution in [0, 0.1) is 0 Å². The highest BCUT2D eigenvalue weighted by Gasteiger charge is 2.26. The highest BCUT2D eigenvalue weighted by atomic mass is 32.1. The summed E-state index contributed by atoms with van der Waals surface area (Å²) in [7, 11) is 1.55. The van der Waals surface area contributed by atoms with Crippen LogP contribution in [-0.4, -0.2) is 28.0 Å². The first-order valence-corrected chi connectivity index (χ1v) is 10.3. The number of benzene rings is 1. The van der Waals surface area contributed by atoms with Crippen molar-refractivity contribution in [2.45, 2.75) is 45.1 Å². The molecular weight excluding hydrogens is 376 g/mol. The zero-order chi connectivity index (χ0) is 19.7. The minimum absolute atomic E-state index is 0.230. The number of ether oxygens (including phenoxy) is 1. The van der Waals surface area contributed by atoms with Gasteiger partial charge in [0.1, 0.15) is 11.8 Å². The second-order valence-electron chi connectivity index (χ2n) is 6.84. The first-order chi connectivity index (χ1) is 13.6. The number of aryl methyl sites for hydroxylation is 2. The number of fused-ring (bicyclic) bond motifs is 3. The molecule has 146 valence electrons. The predicted octanol–water partition coefficient (Wildman–Crippen LogP) is 3.33. The van der Waals surface area contributed by atoms with Crippen molar-refractivity contribution in [3.8, 4) is 5.75 Å². The summed E-state index contributed by atoms with van der Waals surface area (Å²) < 4.78 is 6.52. The molecule has 2 aromatic heterocycles. The van der Waals surface area contributed by atoms with E-state index in [1.807, 2.05) is 19.1 Å². The second kappa shape index (κ2) is 7.71. The number of carbonyl (C=O) groups excluding carboxylic acids is 1. The van der Waals surface area contributed by atoms with E-state index >= 15 is 0 Å². The Balaban J connectivity index is 1.71. The molecule has 0 fully saturated rings. The Kier molecular flexibility index (Phi) is 5.13. The van der Waals surface area contributed by atoms with Gasteiger partial charge in [-0.2, -0.15) is 4.68 Å². The second-order valence-corrected chi connectivity index (χ2v) is 7.93. The zero-order valence-corrected chi connectivity index (χ0v) is 16.7. The van der Waals surface area contributed by atoms with Crippen LogP contribution in [0.3, 0.4) is 0 Å². The predicted molar refractivity (Wildman–Crippen MR) is 109 cm³/mol. The molecule has 0 spiro atoms. The number of hydrogen-bond donors (Lipinski definition) is 1. The van der Waals surface area contributed by atoms with Gasteiger partial charge in [0.15, 0.2) is 4.83 Å². The third-order valence-electron chi connectivity index (χ3n) is 5.16. The first kappa shape index (κ1) is 18.6. The normalized spacial score (nSPS) is 14.5. The molecule has 0 saturated heterocycles. The van der Waals surface area contributed by atoms with Crippen molar-refractivity contribution in [1.29, 1.82) is 0 Å². The van der Waals surface area contributed by atoms with E-state index in [0.717, 1.165) is 31.2 Å². The van der Waals surface area contributed by atoms with Crippen molar-refractivity contribution >= 4 is 33.1 Å². The Labute approximate surface area is 166 Å². The van der Waals surface area contributed by atoms with Crippen LogP contribution in [0.2, 0.25) is 0 Å². The van der Waals surface area contributed by atoms with Crippen molar-refractivity contribution in [3.05, 3.63) is 45.1 Å². The number of nitrogens with zero attached hydrogens (tertiary/aromatic N) is 3. The van der Waals surface area contributed by atoms with E-state index in [0.29, 0.717) is 28.1 Å². The molecule has 28 heavy (non-hydrogen) atoms. The summed E-state index contributed by atoms with van der Waals surface area (Å²) >= 11 is 1.55. The standard InChI is InChI=1S/C20H22N4O3S/c1-3-14(18(25)21-13-9-5-6-10-15(13)27-2)24-20(26)17-12-8-4-7-11-16(12)28-19(17)22-23-24/h5-6,9-10,14H,3-4,7-8,11H2,1-2H3,(H,21,25). The maximum Gasteiger partial charge on any atom is 0.279 e. The Morgan fingerprint density at radius 3 is 2.89 bits per heavy atom. The number of para-hydroxylation sites is 2. The Morgan fingerprint density at radius 1 is 1.32 bits per heavy atom. The number of carbonyl (C=O) groups is 1. The number of thiophene rings is 1. The van der Waals surface area contributed by atoms with E-state index < -0.39 is 6.04 Å². The molecule has 7 nitrogen and oxygen atoms in total. The topological polar surface area (TPSA) is 86.1 Å². The van der Waals surface area contributed by atoms with Crippen LogP contribution in [0.25, 0.3) is 10.2 Å². The maximum absolute atomic E-state index is 13.2. The molecule has 0 bridgehead atoms. The number of rotatable bonds is 5. The van der Waals surface area contributed by atoms with Gasteiger partial charge in [0.2, 0.25) is 5.91 Å². The van der Waals surface area contributed by atoms with Crippen LogP contribution < -0.4 is 15.6 Å². The molecule has 8 heteroatoms. The lowest BCUT2D eigenvalue weighted by atomic mass is 9.97. The summed E-state index contributed by atoms with van der Waals surface area (Å²) in [6.07, 6.45) is 4.52. The fraction of sp³-hybridized carbons (Fsp3) is 0.400. The average molecular weight is 398 g/mol. The molecule has 1 aliphatic carbocycles. The van der Waals surface area contributed by atoms with Gasteiger partial charge in [0.05, 0.1) is 18.2 Å². The number of methoxy groups -OCH3 is 1. The summed E-state index contributed by atoms with van der Waals surface area (Å²) in [6, 6.07) is 6.43. The van der Waals surface area contributed by atoms with Crippen LogP contribution in [0.1, 0.15) is 42.7 Å². The molecular formula is C20H22N4O3S. The SMILES string of the molecule is CCC(C(=O)Nc1ccccc1OC)n1nnc2sc3c(c2c1=O)CCCC3. The van der Waals surface area contributed by atoms with Crippen LogP contribution in [0.4, 0.5) is 5.69 Å². The Morgan fingerprint density at radius 2 is 2.11 bits per heavy atom. The molecule has 1 amide bonds. The van der Waals surface area contributed by atoms with E-state index in [-0.39, 0.29) is 11.5 Å². The van der Waals surface area contributed by atoms with Gasteiger partial charge in [0, 0.05) is 4.88 Å². The van der Waals surface area contributed by atoms with Crippen LogP contribution in [-0.2, 0) is 17.6 Å². The summed E-state index contributed by atoms with van der Waals surface area (Å²) in [5.74, 6) is 0.248. The lowest BCUT2D eigenvalue weighted by molar-refractivity contribution is -0.119. The van der Waals surface area contributed by atoms with Gasteiger partial charge in [-0.3, -0.25) is 9.59 Å². The van der Waals surface area contributed by atoms with Gasteiger partial charge in [-0.15, -0.1) is 16.4 Å². The summed E-state index contributed by atoms with van der Waals surface area (Å²) in [5.41, 5.74) is 1.43. The fourth-order valence-electron chi connectivity index (χ4n) is 3.72. The number of anilines is 1. The quantitative estimate of drug-likeness (QED) is 0.712. The lowest BCUT2D eigenvalue weighted by Gasteiger charge is -2.17. The Bertz CT molecular complexity index is 1090. The molecule has 1 aromatic carbocycles. The van der Waals surface area contributed by atoms with E-state index in [1.54, 1.807) is 30.6 Å². The van der Waals surface area contributed by atoms with Gasteiger partial charge in [-0.1, -0.05) is 24.3 Å². The van der Waals surface area contributed by atoms with Gasteiger partial charge in [-0.05, 0) is 49.8 Å². The number of nitrogens with one attached hydrogen (secondary N) is 1. The van der Waals surface area contributed by atoms with E-state index in [9.17, 15) is 9.59 Å². The Hall–Kier alpha value is -2.74. The van der Waals surface area contributed by atoms with Crippen LogP contribution in [0.5, 0.6) is 5.75 Å². The van der Waals surface area contributed by atoms with Crippen molar-refractivity contribution in [2.75, 3.05) is 12.4 Å². The largest absolute Gasteiger partial charge is 0.495 e. The smallest absolute Gasteiger partial charge is 0.279 e. The maximum atomic E-state index is 13.2. The van der Waals surface area contributed by atoms with Crippen molar-refractivity contribution < 1.29 is 9.53 Å². The molecule has 0 radical (unpaired) electrons. The van der Waals surface area contributed by atoms with Crippen molar-refractivity contribution in [1.82, 2.24) is 15.0 Å². The minimum Gasteiger partial charge on any atom is -0.495 e. The molecule has 2 heterocycles. The van der Waals surface area contributed by atoms with Crippen LogP contribution in [0.15, 0.2) is 29.1 Å². The molecule has 0 aliphatic heterocycles. The first-order valence-electron chi connectivity index (χ1n) is 9.47. The fourth-order valence-corrected chi connectivity index (χ4v) is 4.92. The van der Waals surface area contributed by atoms with Gasteiger partial charge in [0.25, 0.3) is 5.56 Å². The van der Waals surface area contributed by atoms with E-state index in [2.05, 4.69) is 15.6 Å². The van der Waals surface area contributed by atoms with Crippen LogP contribution >= 0.6 is 11.3 Å². The van der Waals surface area contributed by atoms with Gasteiger partial charge < -0.3 is 10.1 Å². The molecule has 1 aliphatic rings. The highest BCUT2D eigenvalue weighted by molar-refractivity contribution is 7.18. The minimum atomic E-state index is -0.742. The number of amides is 1. The van der Waals surface area contributed by atoms with E-state index in [1.165, 1.54) is 9.56 Å². The molecule has 1 atom stereocenters. The lowest BCUT2D eigenvalue weighted by Crippen LogP contribution is -2.35. The van der Waals surface area contributed by atoms with Gasteiger partial charge in [-0.25, -0.2) is 0 Å². The van der Waals surface area contributed by atoms with E-state index in [4.69, 9.17) is 4.74 Å². The summed E-state index contributed by atoms with van der Waals surface area (Å²) in [4.78, 5) is 28.0. The molecule has 4 rings (SSSR count). The molecule has 3 aromatic rings. The third-order valence-corrected chi connectivity index (χ3v) is 6.33. The summed E-state index contributed by atoms with van der Waals surface area (Å²) in [6.45, 7) is 1.86. The summed E-state index contributed by atoms with van der Waals surface area (Å²) in [5, 5.41) is 11.9. The number of aromatic nitrogens is 3. The highest BCUT2D eigenvalue weighted by Crippen LogP contribution is 2.33. The van der Waals surface area contributed by atoms with Gasteiger partial charge >= 0.3 is 0 Å². The number of hydrogen-bond acceptors (Lipinski definition) is 6. The molecule has 1 unspecified atom stereocenters. The van der Waals surface area contributed by atoms with Crippen molar-refractivity contribution in [3.63, 3.8) is 0 Å². The zero-order valence-electron chi connectivity index (χ0n) is 15.9. The molecule has 0 saturated carbocycles. The monoisotopic (exact) mass is 398 g/mol. The molecule has 1 N–H and O–H groups in total. The third kappa shape index (κ3) is 3.17.